The number of hydrogen-bond acceptors (Lipinski definition) is 6. The van der Waals surface area contributed by atoms with Gasteiger partial charge in [-0.15, -0.1) is 0 Å². The Morgan fingerprint density at radius 3 is 2.81 bits per heavy atom. The quantitative estimate of drug-likeness (QED) is 0.841. The fraction of sp³-hybridized carbons (Fsp3) is 0.286. The summed E-state index contributed by atoms with van der Waals surface area (Å²) in [5.74, 6) is 0.114. The van der Waals surface area contributed by atoms with Crippen molar-refractivity contribution in [3.8, 4) is 0 Å². The Labute approximate surface area is 121 Å². The van der Waals surface area contributed by atoms with Crippen LogP contribution in [0.15, 0.2) is 35.5 Å². The van der Waals surface area contributed by atoms with Crippen molar-refractivity contribution in [1.82, 2.24) is 20.2 Å². The molecule has 21 heavy (non-hydrogen) atoms. The molecular formula is C14H15N5O2. The van der Waals surface area contributed by atoms with E-state index in [9.17, 15) is 4.79 Å². The Kier molecular flexibility index (Phi) is 3.17. The van der Waals surface area contributed by atoms with Gasteiger partial charge in [-0.05, 0) is 35.4 Å². The van der Waals surface area contributed by atoms with Crippen LogP contribution in [0.4, 0.5) is 5.95 Å². The number of fused-ring (bicyclic) bond motifs is 1. The van der Waals surface area contributed by atoms with E-state index in [1.54, 1.807) is 4.68 Å². The first-order valence-corrected chi connectivity index (χ1v) is 6.53. The highest BCUT2D eigenvalue weighted by atomic mass is 16.5. The van der Waals surface area contributed by atoms with Crippen LogP contribution in [0, 0.1) is 6.92 Å². The van der Waals surface area contributed by atoms with Crippen molar-refractivity contribution in [2.75, 3.05) is 12.4 Å². The van der Waals surface area contributed by atoms with E-state index in [2.05, 4.69) is 20.8 Å². The molecule has 0 radical (unpaired) electrons. The van der Waals surface area contributed by atoms with Gasteiger partial charge in [0.25, 0.3) is 0 Å². The molecule has 0 fully saturated rings. The van der Waals surface area contributed by atoms with Gasteiger partial charge in [0.2, 0.25) is 5.95 Å². The predicted molar refractivity (Wildman–Crippen MR) is 75.5 cm³/mol. The second-order valence-corrected chi connectivity index (χ2v) is 4.86. The van der Waals surface area contributed by atoms with Crippen LogP contribution in [0.25, 0.3) is 0 Å². The third-order valence-electron chi connectivity index (χ3n) is 3.60. The third-order valence-corrected chi connectivity index (χ3v) is 3.60. The maximum atomic E-state index is 12.2. The minimum atomic E-state index is -0.398. The standard InChI is InChI=1S/C14H15N5O2/c1-8-6-4-5-7-10(8)12-11(13(20)21-3)9(2)15-14-16-17-18-19(12)14/h4-7,12H,1-3H3,(H,15,16,18)/t12-/m1/s1. The lowest BCUT2D eigenvalue weighted by atomic mass is 9.93. The van der Waals surface area contributed by atoms with Crippen molar-refractivity contribution < 1.29 is 9.53 Å². The number of allylic oxidation sites excluding steroid dienone is 1. The molecule has 7 nitrogen and oxygen atoms in total. The summed E-state index contributed by atoms with van der Waals surface area (Å²) in [5.41, 5.74) is 3.22. The highest BCUT2D eigenvalue weighted by Gasteiger charge is 2.35. The molecule has 0 saturated carbocycles. The van der Waals surface area contributed by atoms with Gasteiger partial charge in [-0.2, -0.15) is 4.68 Å². The lowest BCUT2D eigenvalue weighted by molar-refractivity contribution is -0.136. The van der Waals surface area contributed by atoms with Gasteiger partial charge in [-0.25, -0.2) is 4.79 Å². The number of nitrogens with zero attached hydrogens (tertiary/aromatic N) is 4. The number of aromatic nitrogens is 4. The number of ether oxygens (including phenoxy) is 1. The summed E-state index contributed by atoms with van der Waals surface area (Å²) in [4.78, 5) is 12.2. The highest BCUT2D eigenvalue weighted by molar-refractivity contribution is 5.92. The average Bonchev–Trinajstić information content (AvgIpc) is 2.93. The van der Waals surface area contributed by atoms with E-state index in [0.717, 1.165) is 11.1 Å². The van der Waals surface area contributed by atoms with Crippen LogP contribution in [-0.2, 0) is 9.53 Å². The summed E-state index contributed by atoms with van der Waals surface area (Å²) in [6.07, 6.45) is 0. The number of methoxy groups -OCH3 is 1. The Morgan fingerprint density at radius 1 is 1.33 bits per heavy atom. The number of rotatable bonds is 2. The zero-order valence-corrected chi connectivity index (χ0v) is 12.0. The van der Waals surface area contributed by atoms with Crippen LogP contribution in [0.1, 0.15) is 24.1 Å². The molecule has 1 aromatic carbocycles. The average molecular weight is 285 g/mol. The van der Waals surface area contributed by atoms with E-state index in [0.29, 0.717) is 17.2 Å². The first-order valence-electron chi connectivity index (χ1n) is 6.53. The van der Waals surface area contributed by atoms with Crippen LogP contribution < -0.4 is 5.32 Å². The third kappa shape index (κ3) is 2.06. The number of nitrogens with one attached hydrogen (secondary N) is 1. The molecule has 0 amide bonds. The molecule has 0 unspecified atom stereocenters. The monoisotopic (exact) mass is 285 g/mol. The Balaban J connectivity index is 2.23. The van der Waals surface area contributed by atoms with Gasteiger partial charge in [0, 0.05) is 5.70 Å². The number of esters is 1. The predicted octanol–water partition coefficient (Wildman–Crippen LogP) is 1.44. The number of anilines is 1. The van der Waals surface area contributed by atoms with Crippen molar-refractivity contribution >= 4 is 11.9 Å². The Hall–Kier alpha value is -2.70. The van der Waals surface area contributed by atoms with E-state index in [1.165, 1.54) is 7.11 Å². The second-order valence-electron chi connectivity index (χ2n) is 4.86. The molecule has 108 valence electrons. The topological polar surface area (TPSA) is 81.9 Å². The van der Waals surface area contributed by atoms with Gasteiger partial charge in [0.15, 0.2) is 0 Å². The molecule has 1 aromatic heterocycles. The molecule has 2 aromatic rings. The molecule has 1 aliphatic rings. The second kappa shape index (κ2) is 5.01. The fourth-order valence-electron chi connectivity index (χ4n) is 2.57. The fourth-order valence-corrected chi connectivity index (χ4v) is 2.57. The maximum absolute atomic E-state index is 12.2. The smallest absolute Gasteiger partial charge is 0.338 e. The summed E-state index contributed by atoms with van der Waals surface area (Å²) < 4.78 is 6.52. The van der Waals surface area contributed by atoms with Gasteiger partial charge < -0.3 is 10.1 Å². The molecule has 2 heterocycles. The summed E-state index contributed by atoms with van der Waals surface area (Å²) in [6, 6.07) is 7.44. The molecule has 1 aliphatic heterocycles. The molecule has 7 heteroatoms. The number of tetrazole rings is 1. The van der Waals surface area contributed by atoms with Gasteiger partial charge in [0.05, 0.1) is 12.7 Å². The largest absolute Gasteiger partial charge is 0.466 e. The van der Waals surface area contributed by atoms with E-state index < -0.39 is 12.0 Å². The number of benzene rings is 1. The van der Waals surface area contributed by atoms with Crippen molar-refractivity contribution in [2.45, 2.75) is 19.9 Å². The molecule has 3 rings (SSSR count). The van der Waals surface area contributed by atoms with E-state index in [1.807, 2.05) is 38.1 Å². The number of carbonyl (C=O) groups is 1. The lowest BCUT2D eigenvalue weighted by Gasteiger charge is -2.27. The molecule has 0 spiro atoms. The minimum absolute atomic E-state index is 0.394. The number of hydrogen-bond donors (Lipinski definition) is 1. The summed E-state index contributed by atoms with van der Waals surface area (Å²) >= 11 is 0. The van der Waals surface area contributed by atoms with Crippen LogP contribution in [0.2, 0.25) is 0 Å². The van der Waals surface area contributed by atoms with Gasteiger partial charge in [-0.3, -0.25) is 0 Å². The Bertz CT molecular complexity index is 734. The maximum Gasteiger partial charge on any atom is 0.338 e. The molecule has 1 N–H and O–H groups in total. The highest BCUT2D eigenvalue weighted by Crippen LogP contribution is 2.35. The summed E-state index contributed by atoms with van der Waals surface area (Å²) in [6.45, 7) is 3.81. The lowest BCUT2D eigenvalue weighted by Crippen LogP contribution is -2.29. The summed E-state index contributed by atoms with van der Waals surface area (Å²) in [7, 11) is 1.37. The van der Waals surface area contributed by atoms with E-state index in [-0.39, 0.29) is 0 Å². The molecule has 0 saturated heterocycles. The SMILES string of the molecule is COC(=O)C1=C(C)Nc2nnnn2[C@@H]1c1ccccc1C. The number of carbonyl (C=O) groups excluding carboxylic acids is 1. The van der Waals surface area contributed by atoms with Crippen molar-refractivity contribution in [1.29, 1.82) is 0 Å². The van der Waals surface area contributed by atoms with Gasteiger partial charge in [0.1, 0.15) is 6.04 Å². The zero-order valence-electron chi connectivity index (χ0n) is 12.0. The van der Waals surface area contributed by atoms with Crippen molar-refractivity contribution in [2.24, 2.45) is 0 Å². The van der Waals surface area contributed by atoms with E-state index in [4.69, 9.17) is 4.74 Å². The normalized spacial score (nSPS) is 17.2. The van der Waals surface area contributed by atoms with Gasteiger partial charge in [-0.1, -0.05) is 29.4 Å². The molecule has 0 bridgehead atoms. The van der Waals surface area contributed by atoms with Crippen molar-refractivity contribution in [3.05, 3.63) is 46.7 Å². The zero-order chi connectivity index (χ0) is 15.0. The first kappa shape index (κ1) is 13.3. The molecule has 1 atom stereocenters. The first-order chi connectivity index (χ1) is 10.1. The van der Waals surface area contributed by atoms with Crippen LogP contribution in [0.3, 0.4) is 0 Å². The Morgan fingerprint density at radius 2 is 2.10 bits per heavy atom. The number of aryl methyl sites for hydroxylation is 1. The molecular weight excluding hydrogens is 270 g/mol. The van der Waals surface area contributed by atoms with Crippen LogP contribution >= 0.6 is 0 Å². The van der Waals surface area contributed by atoms with Crippen molar-refractivity contribution in [3.63, 3.8) is 0 Å². The summed E-state index contributed by atoms with van der Waals surface area (Å²) in [5, 5.41) is 14.7. The van der Waals surface area contributed by atoms with Gasteiger partial charge >= 0.3 is 5.97 Å². The minimum Gasteiger partial charge on any atom is -0.466 e. The van der Waals surface area contributed by atoms with Crippen LogP contribution in [-0.4, -0.2) is 33.3 Å². The van der Waals surface area contributed by atoms with Crippen LogP contribution in [0.5, 0.6) is 0 Å². The molecule has 0 aliphatic carbocycles. The van der Waals surface area contributed by atoms with E-state index >= 15 is 0 Å².